The van der Waals surface area contributed by atoms with Crippen molar-refractivity contribution in [3.63, 3.8) is 0 Å². The molecule has 1 N–H and O–H groups in total. The predicted molar refractivity (Wildman–Crippen MR) is 42.0 cm³/mol. The Morgan fingerprint density at radius 2 is 2.18 bits per heavy atom. The zero-order chi connectivity index (χ0) is 8.59. The molecule has 2 unspecified atom stereocenters. The fraction of sp³-hybridized carbons (Fsp3) is 0.875. The van der Waals surface area contributed by atoms with Crippen molar-refractivity contribution < 1.29 is 9.90 Å². The monoisotopic (exact) mass is 157 g/mol. The first-order chi connectivity index (χ1) is 5.04. The number of likely N-dealkylation sites (N-methyl/N-ethyl adjacent to an activating group) is 1. The van der Waals surface area contributed by atoms with Crippen molar-refractivity contribution in [1.29, 1.82) is 0 Å². The van der Waals surface area contributed by atoms with E-state index in [-0.39, 0.29) is 11.9 Å². The van der Waals surface area contributed by atoms with Gasteiger partial charge < -0.3 is 10.0 Å². The van der Waals surface area contributed by atoms with Crippen LogP contribution in [-0.4, -0.2) is 35.1 Å². The van der Waals surface area contributed by atoms with Gasteiger partial charge in [-0.25, -0.2) is 0 Å². The third-order valence-electron chi connectivity index (χ3n) is 2.30. The minimum atomic E-state index is -0.465. The molecular formula is C8H15NO2. The molecule has 2 atom stereocenters. The molecule has 1 aliphatic heterocycles. The number of hydrogen-bond acceptors (Lipinski definition) is 2. The molecule has 1 fully saturated rings. The average Bonchev–Trinajstić information content (AvgIpc) is 2.07. The molecule has 0 bridgehead atoms. The fourth-order valence-corrected chi connectivity index (χ4v) is 1.76. The number of rotatable bonds is 1. The smallest absolute Gasteiger partial charge is 0.225 e. The second kappa shape index (κ2) is 2.81. The van der Waals surface area contributed by atoms with E-state index in [1.165, 1.54) is 0 Å². The Labute approximate surface area is 67.0 Å². The zero-order valence-electron chi connectivity index (χ0n) is 7.24. The first-order valence-corrected chi connectivity index (χ1v) is 3.97. The van der Waals surface area contributed by atoms with Crippen LogP contribution in [0.25, 0.3) is 0 Å². The minimum absolute atomic E-state index is 0.0162. The van der Waals surface area contributed by atoms with Gasteiger partial charge in [-0.3, -0.25) is 4.79 Å². The lowest BCUT2D eigenvalue weighted by Gasteiger charge is -2.25. The molecule has 3 heteroatoms. The molecule has 0 aromatic rings. The highest BCUT2D eigenvalue weighted by molar-refractivity contribution is 5.79. The standard InChI is InChI=1S/C8H15NO2/c1-5(2)8-6(10)4-7(11)9(8)3/h5-6,8,10H,4H2,1-3H3. The van der Waals surface area contributed by atoms with Crippen LogP contribution in [-0.2, 0) is 4.79 Å². The molecule has 1 heterocycles. The van der Waals surface area contributed by atoms with Gasteiger partial charge in [0.1, 0.15) is 0 Å². The molecule has 0 aromatic carbocycles. The number of aliphatic hydroxyl groups is 1. The summed E-state index contributed by atoms with van der Waals surface area (Å²) in [6.45, 7) is 4.03. The molecule has 0 radical (unpaired) electrons. The number of carbonyl (C=O) groups excluding carboxylic acids is 1. The van der Waals surface area contributed by atoms with Gasteiger partial charge in [-0.2, -0.15) is 0 Å². The molecule has 1 rings (SSSR count). The summed E-state index contributed by atoms with van der Waals surface area (Å²) >= 11 is 0. The van der Waals surface area contributed by atoms with Crippen molar-refractivity contribution in [3.05, 3.63) is 0 Å². The summed E-state index contributed by atoms with van der Waals surface area (Å²) in [6.07, 6.45) is -0.174. The third kappa shape index (κ3) is 1.38. The van der Waals surface area contributed by atoms with Crippen molar-refractivity contribution in [2.75, 3.05) is 7.05 Å². The Hall–Kier alpha value is -0.570. The summed E-state index contributed by atoms with van der Waals surface area (Å²) in [7, 11) is 1.75. The average molecular weight is 157 g/mol. The number of aliphatic hydroxyl groups excluding tert-OH is 1. The summed E-state index contributed by atoms with van der Waals surface area (Å²) in [5.74, 6) is 0.387. The van der Waals surface area contributed by atoms with Gasteiger partial charge >= 0.3 is 0 Å². The Bertz CT molecular complexity index is 167. The highest BCUT2D eigenvalue weighted by Gasteiger charge is 2.37. The molecule has 64 valence electrons. The Balaban J connectivity index is 2.71. The lowest BCUT2D eigenvalue weighted by atomic mass is 10.00. The van der Waals surface area contributed by atoms with Gasteiger partial charge in [0, 0.05) is 7.05 Å². The molecule has 1 aliphatic rings. The lowest BCUT2D eigenvalue weighted by Crippen LogP contribution is -2.37. The summed E-state index contributed by atoms with van der Waals surface area (Å²) < 4.78 is 0. The lowest BCUT2D eigenvalue weighted by molar-refractivity contribution is -0.128. The van der Waals surface area contributed by atoms with E-state index in [2.05, 4.69) is 0 Å². The molecule has 0 aromatic heterocycles. The van der Waals surface area contributed by atoms with E-state index >= 15 is 0 Å². The van der Waals surface area contributed by atoms with Crippen LogP contribution >= 0.6 is 0 Å². The van der Waals surface area contributed by atoms with E-state index in [4.69, 9.17) is 0 Å². The van der Waals surface area contributed by atoms with Crippen molar-refractivity contribution >= 4 is 5.91 Å². The maximum Gasteiger partial charge on any atom is 0.225 e. The van der Waals surface area contributed by atoms with Crippen LogP contribution < -0.4 is 0 Å². The van der Waals surface area contributed by atoms with E-state index in [9.17, 15) is 9.90 Å². The molecule has 1 amide bonds. The maximum absolute atomic E-state index is 11.1. The molecule has 0 aliphatic carbocycles. The maximum atomic E-state index is 11.1. The predicted octanol–water partition coefficient (Wildman–Crippen LogP) is 0.234. The van der Waals surface area contributed by atoms with E-state index in [0.717, 1.165) is 0 Å². The van der Waals surface area contributed by atoms with Crippen LogP contribution in [0.15, 0.2) is 0 Å². The van der Waals surface area contributed by atoms with Crippen LogP contribution in [0, 0.1) is 5.92 Å². The summed E-state index contributed by atoms with van der Waals surface area (Å²) in [4.78, 5) is 12.7. The second-order valence-electron chi connectivity index (χ2n) is 3.51. The van der Waals surface area contributed by atoms with Gasteiger partial charge in [0.2, 0.25) is 5.91 Å². The van der Waals surface area contributed by atoms with E-state index in [0.29, 0.717) is 12.3 Å². The van der Waals surface area contributed by atoms with E-state index in [1.807, 2.05) is 13.8 Å². The molecule has 0 spiro atoms. The van der Waals surface area contributed by atoms with E-state index < -0.39 is 6.10 Å². The van der Waals surface area contributed by atoms with E-state index in [1.54, 1.807) is 11.9 Å². The number of hydrogen-bond donors (Lipinski definition) is 1. The highest BCUT2D eigenvalue weighted by Crippen LogP contribution is 2.23. The fourth-order valence-electron chi connectivity index (χ4n) is 1.76. The van der Waals surface area contributed by atoms with Crippen LogP contribution in [0.2, 0.25) is 0 Å². The van der Waals surface area contributed by atoms with Crippen LogP contribution in [0.5, 0.6) is 0 Å². The van der Waals surface area contributed by atoms with Gasteiger partial charge in [0.05, 0.1) is 18.6 Å². The van der Waals surface area contributed by atoms with Crippen molar-refractivity contribution in [3.8, 4) is 0 Å². The molecule has 0 saturated carbocycles. The number of likely N-dealkylation sites (tertiary alicyclic amines) is 1. The number of carbonyl (C=O) groups is 1. The van der Waals surface area contributed by atoms with Gasteiger partial charge in [-0.05, 0) is 5.92 Å². The third-order valence-corrected chi connectivity index (χ3v) is 2.30. The van der Waals surface area contributed by atoms with Gasteiger partial charge in [-0.15, -0.1) is 0 Å². The topological polar surface area (TPSA) is 40.5 Å². The summed E-state index contributed by atoms with van der Waals surface area (Å²) in [5, 5.41) is 9.44. The Morgan fingerprint density at radius 3 is 2.36 bits per heavy atom. The van der Waals surface area contributed by atoms with Crippen molar-refractivity contribution in [2.24, 2.45) is 5.92 Å². The first kappa shape index (κ1) is 8.53. The van der Waals surface area contributed by atoms with Gasteiger partial charge in [-0.1, -0.05) is 13.8 Å². The molecular weight excluding hydrogens is 142 g/mol. The van der Waals surface area contributed by atoms with Gasteiger partial charge in [0.15, 0.2) is 0 Å². The molecule has 3 nitrogen and oxygen atoms in total. The SMILES string of the molecule is CC(C)C1C(O)CC(=O)N1C. The Morgan fingerprint density at radius 1 is 1.64 bits per heavy atom. The zero-order valence-corrected chi connectivity index (χ0v) is 7.24. The highest BCUT2D eigenvalue weighted by atomic mass is 16.3. The number of nitrogens with zero attached hydrogens (tertiary/aromatic N) is 1. The summed E-state index contributed by atoms with van der Waals surface area (Å²) in [6, 6.07) is 0.0162. The molecule has 11 heavy (non-hydrogen) atoms. The minimum Gasteiger partial charge on any atom is -0.390 e. The number of amides is 1. The van der Waals surface area contributed by atoms with Crippen molar-refractivity contribution in [1.82, 2.24) is 4.90 Å². The summed E-state index contributed by atoms with van der Waals surface area (Å²) in [5.41, 5.74) is 0. The van der Waals surface area contributed by atoms with Gasteiger partial charge in [0.25, 0.3) is 0 Å². The second-order valence-corrected chi connectivity index (χ2v) is 3.51. The normalized spacial score (nSPS) is 32.1. The van der Waals surface area contributed by atoms with Crippen LogP contribution in [0.4, 0.5) is 0 Å². The van der Waals surface area contributed by atoms with Crippen LogP contribution in [0.1, 0.15) is 20.3 Å². The first-order valence-electron chi connectivity index (χ1n) is 3.97. The molecule has 1 saturated heterocycles. The Kier molecular flexibility index (Phi) is 2.18. The largest absolute Gasteiger partial charge is 0.390 e. The van der Waals surface area contributed by atoms with Crippen LogP contribution in [0.3, 0.4) is 0 Å². The van der Waals surface area contributed by atoms with Crippen molar-refractivity contribution in [2.45, 2.75) is 32.4 Å². The quantitative estimate of drug-likeness (QED) is 0.592.